The van der Waals surface area contributed by atoms with Crippen LogP contribution in [0.3, 0.4) is 0 Å². The van der Waals surface area contributed by atoms with Crippen molar-refractivity contribution in [3.8, 4) is 0 Å². The quantitative estimate of drug-likeness (QED) is 0.343. The lowest BCUT2D eigenvalue weighted by Crippen LogP contribution is -2.54. The highest BCUT2D eigenvalue weighted by atomic mass is 32.2. The van der Waals surface area contributed by atoms with Crippen LogP contribution in [-0.2, 0) is 29.3 Å². The SMILES string of the molecule is CC(C)(C)OC(=O)N1CCC[C@H]1C(=O)O.CN1CCN(C(=O)[C@@H]2CCCN2)CC1.CN1CCN(C(=O)[C@@H]2CCCN2S(N)(=O)=O)CC1. The highest BCUT2D eigenvalue weighted by Crippen LogP contribution is 2.22. The normalized spacial score (nSPS) is 26.3. The lowest BCUT2D eigenvalue weighted by Gasteiger charge is -2.35. The molecule has 3 atom stereocenters. The van der Waals surface area contributed by atoms with Crippen LogP contribution in [0.1, 0.15) is 59.3 Å². The summed E-state index contributed by atoms with van der Waals surface area (Å²) >= 11 is 0. The fourth-order valence-corrected chi connectivity index (χ4v) is 7.17. The Morgan fingerprint density at radius 3 is 1.72 bits per heavy atom. The number of likely N-dealkylation sites (N-methyl/N-ethyl adjacent to an activating group) is 2. The van der Waals surface area contributed by atoms with Gasteiger partial charge in [0.25, 0.3) is 10.2 Å². The van der Waals surface area contributed by atoms with Crippen LogP contribution in [0.25, 0.3) is 0 Å². The molecule has 0 unspecified atom stereocenters. The summed E-state index contributed by atoms with van der Waals surface area (Å²) < 4.78 is 29.1. The van der Waals surface area contributed by atoms with Gasteiger partial charge in [-0.1, -0.05) is 0 Å². The monoisotopic (exact) mass is 688 g/mol. The summed E-state index contributed by atoms with van der Waals surface area (Å²) in [5.41, 5.74) is -0.581. The molecular weight excluding hydrogens is 632 g/mol. The molecule has 0 bridgehead atoms. The minimum absolute atomic E-state index is 0.102. The molecule has 5 aliphatic rings. The number of carbonyl (C=O) groups excluding carboxylic acids is 3. The van der Waals surface area contributed by atoms with Crippen molar-refractivity contribution >= 4 is 34.1 Å². The van der Waals surface area contributed by atoms with E-state index in [1.807, 2.05) is 11.9 Å². The third kappa shape index (κ3) is 11.8. The van der Waals surface area contributed by atoms with Gasteiger partial charge in [-0.3, -0.25) is 14.5 Å². The lowest BCUT2D eigenvalue weighted by molar-refractivity contribution is -0.142. The van der Waals surface area contributed by atoms with Gasteiger partial charge in [-0.05, 0) is 79.9 Å². The number of amides is 3. The molecule has 5 heterocycles. The molecule has 0 aliphatic carbocycles. The molecule has 17 heteroatoms. The Labute approximate surface area is 279 Å². The molecule has 0 aromatic carbocycles. The number of piperazine rings is 2. The van der Waals surface area contributed by atoms with E-state index >= 15 is 0 Å². The van der Waals surface area contributed by atoms with Gasteiger partial charge >= 0.3 is 12.1 Å². The molecule has 0 aromatic heterocycles. The van der Waals surface area contributed by atoms with Gasteiger partial charge in [-0.15, -0.1) is 0 Å². The van der Waals surface area contributed by atoms with Crippen LogP contribution in [0.5, 0.6) is 0 Å². The van der Waals surface area contributed by atoms with Gasteiger partial charge in [0, 0.05) is 65.4 Å². The molecule has 0 aromatic rings. The van der Waals surface area contributed by atoms with Gasteiger partial charge in [0.15, 0.2) is 0 Å². The summed E-state index contributed by atoms with van der Waals surface area (Å²) in [6.45, 7) is 13.9. The standard InChI is InChI=1S/C10H20N4O3S.C10H19N3O.C10H17NO4/c1-12-5-7-13(8-6-12)10(15)9-3-2-4-14(9)18(11,16)17;1-12-5-7-13(8-6-12)10(14)9-3-2-4-11-9;1-10(2,3)15-9(14)11-6-4-5-7(11)8(12)13/h9H,2-8H2,1H3,(H2,11,16,17);9,11H,2-8H2,1H3;7H,4-6H2,1-3H3,(H,12,13)/t2*9-;7-/m000/s1. The van der Waals surface area contributed by atoms with E-state index in [1.165, 1.54) is 4.90 Å². The topological polar surface area (TPSA) is 189 Å². The van der Waals surface area contributed by atoms with Crippen molar-refractivity contribution in [2.75, 3.05) is 86.1 Å². The van der Waals surface area contributed by atoms with Crippen LogP contribution in [0.15, 0.2) is 0 Å². The number of nitrogens with two attached hydrogens (primary N) is 1. The third-order valence-corrected chi connectivity index (χ3v) is 10.1. The number of hydrogen-bond acceptors (Lipinski definition) is 10. The second kappa shape index (κ2) is 17.2. The zero-order valence-electron chi connectivity index (χ0n) is 28.7. The van der Waals surface area contributed by atoms with E-state index < -0.39 is 40.0 Å². The summed E-state index contributed by atoms with van der Waals surface area (Å²) in [7, 11) is 0.344. The average molecular weight is 689 g/mol. The molecule has 4 N–H and O–H groups in total. The maximum atomic E-state index is 12.3. The first kappa shape index (κ1) is 38.9. The lowest BCUT2D eigenvalue weighted by atomic mass is 10.2. The summed E-state index contributed by atoms with van der Waals surface area (Å²) in [5, 5.41) is 17.3. The summed E-state index contributed by atoms with van der Waals surface area (Å²) in [6, 6.07) is -1.21. The van der Waals surface area contributed by atoms with Gasteiger partial charge in [-0.2, -0.15) is 12.7 Å². The van der Waals surface area contributed by atoms with Gasteiger partial charge in [-0.25, -0.2) is 14.7 Å². The average Bonchev–Trinajstić information content (AvgIpc) is 3.79. The highest BCUT2D eigenvalue weighted by molar-refractivity contribution is 7.86. The van der Waals surface area contributed by atoms with Crippen LogP contribution in [0.2, 0.25) is 0 Å². The second-order valence-corrected chi connectivity index (χ2v) is 15.4. The molecule has 5 fully saturated rings. The molecule has 0 spiro atoms. The number of rotatable bonds is 4. The minimum atomic E-state index is -3.77. The van der Waals surface area contributed by atoms with E-state index in [2.05, 4.69) is 22.2 Å². The molecule has 5 aliphatic heterocycles. The maximum absolute atomic E-state index is 12.3. The van der Waals surface area contributed by atoms with Crippen molar-refractivity contribution in [3.05, 3.63) is 0 Å². The van der Waals surface area contributed by atoms with E-state index in [1.54, 1.807) is 25.7 Å². The van der Waals surface area contributed by atoms with Crippen LogP contribution in [0, 0.1) is 0 Å². The molecule has 5 saturated heterocycles. The first-order valence-electron chi connectivity index (χ1n) is 16.7. The van der Waals surface area contributed by atoms with E-state index in [9.17, 15) is 27.6 Å². The summed E-state index contributed by atoms with van der Waals surface area (Å²) in [5.74, 6) is -0.747. The Morgan fingerprint density at radius 2 is 1.26 bits per heavy atom. The molecule has 16 nitrogen and oxygen atoms in total. The van der Waals surface area contributed by atoms with Crippen molar-refractivity contribution in [1.29, 1.82) is 0 Å². The molecule has 5 rings (SSSR count). The Hall–Kier alpha value is -2.57. The zero-order chi connectivity index (χ0) is 34.9. The number of ether oxygens (including phenoxy) is 1. The highest BCUT2D eigenvalue weighted by Gasteiger charge is 2.40. The number of carboxylic acids is 1. The predicted octanol–water partition coefficient (Wildman–Crippen LogP) is -0.589. The van der Waals surface area contributed by atoms with Gasteiger partial charge in [0.1, 0.15) is 17.7 Å². The van der Waals surface area contributed by atoms with Crippen LogP contribution in [0.4, 0.5) is 4.79 Å². The number of hydrogen-bond donors (Lipinski definition) is 3. The van der Waals surface area contributed by atoms with Gasteiger partial charge < -0.3 is 34.8 Å². The number of carboxylic acid groups (broad SMARTS) is 1. The van der Waals surface area contributed by atoms with E-state index in [-0.39, 0.29) is 11.9 Å². The van der Waals surface area contributed by atoms with Gasteiger partial charge in [0.2, 0.25) is 11.8 Å². The van der Waals surface area contributed by atoms with Crippen LogP contribution < -0.4 is 10.5 Å². The molecular formula is C30H56N8O8S. The van der Waals surface area contributed by atoms with Crippen LogP contribution in [-0.4, -0.2) is 176 Å². The first-order chi connectivity index (χ1) is 22.0. The van der Waals surface area contributed by atoms with Crippen molar-refractivity contribution in [1.82, 2.24) is 34.1 Å². The summed E-state index contributed by atoms with van der Waals surface area (Å²) in [4.78, 5) is 56.2. The number of nitrogens with one attached hydrogen (secondary N) is 1. The van der Waals surface area contributed by atoms with Crippen molar-refractivity contribution in [2.24, 2.45) is 5.14 Å². The minimum Gasteiger partial charge on any atom is -0.480 e. The number of likely N-dealkylation sites (tertiary alicyclic amines) is 1. The Balaban J connectivity index is 0.000000193. The fourth-order valence-electron chi connectivity index (χ4n) is 6.23. The maximum Gasteiger partial charge on any atom is 0.411 e. The van der Waals surface area contributed by atoms with Crippen molar-refractivity contribution in [3.63, 3.8) is 0 Å². The second-order valence-electron chi connectivity index (χ2n) is 13.9. The van der Waals surface area contributed by atoms with E-state index in [0.29, 0.717) is 51.3 Å². The molecule has 0 radical (unpaired) electrons. The molecule has 270 valence electrons. The van der Waals surface area contributed by atoms with Crippen LogP contribution >= 0.6 is 0 Å². The number of nitrogens with zero attached hydrogens (tertiary/aromatic N) is 6. The van der Waals surface area contributed by atoms with Gasteiger partial charge in [0.05, 0.1) is 6.04 Å². The van der Waals surface area contributed by atoms with E-state index in [0.717, 1.165) is 69.4 Å². The largest absolute Gasteiger partial charge is 0.480 e. The third-order valence-electron chi connectivity index (χ3n) is 8.97. The summed E-state index contributed by atoms with van der Waals surface area (Å²) in [6.07, 6.45) is 4.12. The predicted molar refractivity (Wildman–Crippen MR) is 176 cm³/mol. The number of aliphatic carboxylic acids is 1. The molecule has 47 heavy (non-hydrogen) atoms. The van der Waals surface area contributed by atoms with E-state index in [4.69, 9.17) is 15.0 Å². The zero-order valence-corrected chi connectivity index (χ0v) is 29.5. The van der Waals surface area contributed by atoms with Crippen molar-refractivity contribution in [2.45, 2.75) is 83.0 Å². The Bertz CT molecular complexity index is 1180. The fraction of sp³-hybridized carbons (Fsp3) is 0.867. The first-order valence-corrected chi connectivity index (χ1v) is 18.2. The Morgan fingerprint density at radius 1 is 0.745 bits per heavy atom. The molecule has 3 amide bonds. The Kier molecular flexibility index (Phi) is 14.2. The molecule has 0 saturated carbocycles. The van der Waals surface area contributed by atoms with Crippen molar-refractivity contribution < 1.29 is 37.4 Å². The number of carbonyl (C=O) groups is 4. The smallest absolute Gasteiger partial charge is 0.411 e.